The van der Waals surface area contributed by atoms with E-state index in [1.807, 2.05) is 19.9 Å². The lowest BCUT2D eigenvalue weighted by Gasteiger charge is -2.33. The highest BCUT2D eigenvalue weighted by molar-refractivity contribution is 7.89. The van der Waals surface area contributed by atoms with Gasteiger partial charge in [0.25, 0.3) is 11.6 Å². The summed E-state index contributed by atoms with van der Waals surface area (Å²) < 4.78 is 26.9. The van der Waals surface area contributed by atoms with Crippen LogP contribution in [0.2, 0.25) is 0 Å². The van der Waals surface area contributed by atoms with E-state index in [-0.39, 0.29) is 42.7 Å². The highest BCUT2D eigenvalue weighted by Gasteiger charge is 2.31. The van der Waals surface area contributed by atoms with E-state index in [1.54, 1.807) is 4.90 Å². The molecule has 3 rings (SSSR count). The van der Waals surface area contributed by atoms with Crippen LogP contribution in [0.15, 0.2) is 35.2 Å². The number of hydrogen-bond donors (Lipinski definition) is 0. The number of aryl methyl sites for hydroxylation is 2. The van der Waals surface area contributed by atoms with Crippen LogP contribution in [0.5, 0.6) is 0 Å². The third kappa shape index (κ3) is 3.94. The number of thiophene rings is 1. The third-order valence-electron chi connectivity index (χ3n) is 4.80. The summed E-state index contributed by atoms with van der Waals surface area (Å²) in [6.45, 7) is 4.91. The largest absolute Gasteiger partial charge is 0.335 e. The lowest BCUT2D eigenvalue weighted by Crippen LogP contribution is -2.50. The predicted octanol–water partition coefficient (Wildman–Crippen LogP) is 2.67. The fraction of sp³-hybridized carbons (Fsp3) is 0.389. The molecule has 2 heterocycles. The molecule has 0 spiro atoms. The molecule has 0 radical (unpaired) electrons. The molecule has 1 aromatic carbocycles. The zero-order valence-corrected chi connectivity index (χ0v) is 17.3. The van der Waals surface area contributed by atoms with Crippen molar-refractivity contribution in [3.05, 3.63) is 55.8 Å². The third-order valence-corrected chi connectivity index (χ3v) is 7.78. The molecule has 0 N–H and O–H groups in total. The number of benzene rings is 1. The standard InChI is InChI=1S/C18H21N3O5S2/c1-3-14-11-17(27-13(14)2)18(22)19-7-9-20(10-8-19)28(25,26)16-6-4-5-15(12-16)21(23)24/h4-6,11-12H,3,7-10H2,1-2H3. The zero-order chi connectivity index (χ0) is 20.5. The molecule has 1 aliphatic heterocycles. The summed E-state index contributed by atoms with van der Waals surface area (Å²) in [5.74, 6) is -0.0832. The number of nitro benzene ring substituents is 1. The van der Waals surface area contributed by atoms with E-state index < -0.39 is 14.9 Å². The Bertz CT molecular complexity index is 1010. The second-order valence-corrected chi connectivity index (χ2v) is 9.69. The lowest BCUT2D eigenvalue weighted by molar-refractivity contribution is -0.385. The molecule has 0 aliphatic carbocycles. The second-order valence-electron chi connectivity index (χ2n) is 6.50. The van der Waals surface area contributed by atoms with Gasteiger partial charge in [-0.1, -0.05) is 13.0 Å². The van der Waals surface area contributed by atoms with Crippen LogP contribution in [0, 0.1) is 17.0 Å². The van der Waals surface area contributed by atoms with Crippen molar-refractivity contribution in [1.29, 1.82) is 0 Å². The maximum Gasteiger partial charge on any atom is 0.270 e. The van der Waals surface area contributed by atoms with Gasteiger partial charge in [0.2, 0.25) is 10.0 Å². The summed E-state index contributed by atoms with van der Waals surface area (Å²) in [7, 11) is -3.84. The smallest absolute Gasteiger partial charge is 0.270 e. The average Bonchev–Trinajstić information content (AvgIpc) is 3.08. The van der Waals surface area contributed by atoms with Crippen LogP contribution in [-0.4, -0.2) is 54.6 Å². The lowest BCUT2D eigenvalue weighted by atomic mass is 10.2. The minimum absolute atomic E-state index is 0.0832. The van der Waals surface area contributed by atoms with Crippen LogP contribution < -0.4 is 0 Å². The van der Waals surface area contributed by atoms with Crippen molar-refractivity contribution >= 4 is 33.0 Å². The van der Waals surface area contributed by atoms with Crippen molar-refractivity contribution in [3.8, 4) is 0 Å². The summed E-state index contributed by atoms with van der Waals surface area (Å²) in [6, 6.07) is 6.93. The van der Waals surface area contributed by atoms with E-state index in [9.17, 15) is 23.3 Å². The van der Waals surface area contributed by atoms with Gasteiger partial charge in [-0.3, -0.25) is 14.9 Å². The van der Waals surface area contributed by atoms with Crippen LogP contribution >= 0.6 is 11.3 Å². The van der Waals surface area contributed by atoms with Crippen LogP contribution in [0.1, 0.15) is 27.0 Å². The van der Waals surface area contributed by atoms with E-state index >= 15 is 0 Å². The number of non-ortho nitro benzene ring substituents is 1. The molecule has 1 fully saturated rings. The van der Waals surface area contributed by atoms with Crippen molar-refractivity contribution in [2.75, 3.05) is 26.2 Å². The van der Waals surface area contributed by atoms with Gasteiger partial charge in [-0.15, -0.1) is 11.3 Å². The Morgan fingerprint density at radius 1 is 1.21 bits per heavy atom. The van der Waals surface area contributed by atoms with Gasteiger partial charge in [0.1, 0.15) is 0 Å². The topological polar surface area (TPSA) is 101 Å². The second kappa shape index (κ2) is 7.98. The highest BCUT2D eigenvalue weighted by Crippen LogP contribution is 2.25. The Labute approximate surface area is 167 Å². The normalized spacial score (nSPS) is 15.6. The van der Waals surface area contributed by atoms with Gasteiger partial charge in [-0.05, 0) is 31.0 Å². The van der Waals surface area contributed by atoms with Crippen molar-refractivity contribution < 1.29 is 18.1 Å². The Morgan fingerprint density at radius 3 is 2.46 bits per heavy atom. The molecule has 0 atom stereocenters. The Kier molecular flexibility index (Phi) is 5.82. The van der Waals surface area contributed by atoms with Crippen LogP contribution in [0.25, 0.3) is 0 Å². The maximum atomic E-state index is 12.8. The average molecular weight is 424 g/mol. The quantitative estimate of drug-likeness (QED) is 0.544. The van der Waals surface area contributed by atoms with Crippen molar-refractivity contribution in [2.45, 2.75) is 25.2 Å². The molecule has 1 amide bonds. The Balaban J connectivity index is 1.71. The fourth-order valence-electron chi connectivity index (χ4n) is 3.17. The van der Waals surface area contributed by atoms with Crippen molar-refractivity contribution in [2.24, 2.45) is 0 Å². The molecule has 0 saturated carbocycles. The SMILES string of the molecule is CCc1cc(C(=O)N2CCN(S(=O)(=O)c3cccc([N+](=O)[O-])c3)CC2)sc1C. The van der Waals surface area contributed by atoms with E-state index in [0.717, 1.165) is 22.9 Å². The minimum atomic E-state index is -3.84. The van der Waals surface area contributed by atoms with Crippen molar-refractivity contribution in [1.82, 2.24) is 9.21 Å². The number of carbonyl (C=O) groups excluding carboxylic acids is 1. The van der Waals surface area contributed by atoms with Crippen molar-refractivity contribution in [3.63, 3.8) is 0 Å². The molecule has 8 nitrogen and oxygen atoms in total. The van der Waals surface area contributed by atoms with Gasteiger partial charge in [-0.25, -0.2) is 8.42 Å². The number of sulfonamides is 1. The van der Waals surface area contributed by atoms with Crippen LogP contribution in [0.3, 0.4) is 0 Å². The van der Waals surface area contributed by atoms with Gasteiger partial charge in [-0.2, -0.15) is 4.31 Å². The maximum absolute atomic E-state index is 12.8. The molecule has 1 aromatic heterocycles. The number of nitro groups is 1. The summed E-state index contributed by atoms with van der Waals surface area (Å²) in [5.41, 5.74) is 0.884. The van der Waals surface area contributed by atoms with E-state index in [1.165, 1.54) is 33.8 Å². The molecule has 150 valence electrons. The first-order valence-corrected chi connectivity index (χ1v) is 11.1. The molecule has 0 bridgehead atoms. The molecular formula is C18H21N3O5S2. The van der Waals surface area contributed by atoms with E-state index in [0.29, 0.717) is 4.88 Å². The molecule has 1 saturated heterocycles. The van der Waals surface area contributed by atoms with Crippen LogP contribution in [-0.2, 0) is 16.4 Å². The molecule has 10 heteroatoms. The zero-order valence-electron chi connectivity index (χ0n) is 15.6. The summed E-state index contributed by atoms with van der Waals surface area (Å²) in [4.78, 5) is 26.4. The molecule has 2 aromatic rings. The first kappa shape index (κ1) is 20.4. The number of rotatable bonds is 5. The number of piperazine rings is 1. The summed E-state index contributed by atoms with van der Waals surface area (Å²) in [5, 5.41) is 10.9. The number of amides is 1. The summed E-state index contributed by atoms with van der Waals surface area (Å²) in [6.07, 6.45) is 0.866. The van der Waals surface area contributed by atoms with E-state index in [2.05, 4.69) is 0 Å². The van der Waals surface area contributed by atoms with Gasteiger partial charge >= 0.3 is 0 Å². The van der Waals surface area contributed by atoms with Gasteiger partial charge in [0, 0.05) is 43.2 Å². The molecule has 28 heavy (non-hydrogen) atoms. The number of carbonyl (C=O) groups is 1. The fourth-order valence-corrected chi connectivity index (χ4v) is 5.71. The van der Waals surface area contributed by atoms with E-state index in [4.69, 9.17) is 0 Å². The van der Waals surface area contributed by atoms with Gasteiger partial charge in [0.15, 0.2) is 0 Å². The molecular weight excluding hydrogens is 402 g/mol. The monoisotopic (exact) mass is 423 g/mol. The number of nitrogens with zero attached hydrogens (tertiary/aromatic N) is 3. The predicted molar refractivity (Wildman–Crippen MR) is 106 cm³/mol. The first-order valence-electron chi connectivity index (χ1n) is 8.87. The van der Waals surface area contributed by atoms with Gasteiger partial charge in [0.05, 0.1) is 14.7 Å². The molecule has 1 aliphatic rings. The highest BCUT2D eigenvalue weighted by atomic mass is 32.2. The van der Waals surface area contributed by atoms with Crippen LogP contribution in [0.4, 0.5) is 5.69 Å². The Hall–Kier alpha value is -2.30. The minimum Gasteiger partial charge on any atom is -0.335 e. The first-order chi connectivity index (χ1) is 13.2. The Morgan fingerprint density at radius 2 is 1.89 bits per heavy atom. The molecule has 0 unspecified atom stereocenters. The summed E-state index contributed by atoms with van der Waals surface area (Å²) >= 11 is 1.46. The number of hydrogen-bond acceptors (Lipinski definition) is 6. The van der Waals surface area contributed by atoms with Gasteiger partial charge < -0.3 is 4.90 Å².